The number of aliphatic hydroxyl groups is 1. The van der Waals surface area contributed by atoms with E-state index in [1.54, 1.807) is 13.0 Å². The molecule has 6 heteroatoms. The van der Waals surface area contributed by atoms with E-state index in [0.29, 0.717) is 23.9 Å². The van der Waals surface area contributed by atoms with Crippen molar-refractivity contribution in [3.63, 3.8) is 0 Å². The number of hydrogen-bond donors (Lipinski definition) is 2. The zero-order valence-electron chi connectivity index (χ0n) is 9.85. The summed E-state index contributed by atoms with van der Waals surface area (Å²) in [6.45, 7) is 4.50. The van der Waals surface area contributed by atoms with E-state index in [1.807, 2.05) is 0 Å². The maximum Gasteiger partial charge on any atom is 0.226 e. The Bertz CT molecular complexity index is 385. The first-order valence-electron chi connectivity index (χ1n) is 5.73. The van der Waals surface area contributed by atoms with E-state index in [-0.39, 0.29) is 12.5 Å². The Balaban J connectivity index is 1.65. The molecule has 1 amide bonds. The summed E-state index contributed by atoms with van der Waals surface area (Å²) in [6, 6.07) is 1.68. The van der Waals surface area contributed by atoms with Gasteiger partial charge in [-0.05, 0) is 6.92 Å². The number of nitrogens with zero attached hydrogens (tertiary/aromatic N) is 2. The van der Waals surface area contributed by atoms with Gasteiger partial charge >= 0.3 is 0 Å². The molecule has 1 aromatic rings. The van der Waals surface area contributed by atoms with Crippen LogP contribution in [-0.4, -0.2) is 47.3 Å². The summed E-state index contributed by atoms with van der Waals surface area (Å²) in [6.07, 6.45) is 0.435. The summed E-state index contributed by atoms with van der Waals surface area (Å²) < 4.78 is 4.85. The summed E-state index contributed by atoms with van der Waals surface area (Å²) in [5.41, 5.74) is 0. The smallest absolute Gasteiger partial charge is 0.226 e. The lowest BCUT2D eigenvalue weighted by Crippen LogP contribution is -2.49. The number of rotatable bonds is 5. The highest BCUT2D eigenvalue weighted by Gasteiger charge is 2.25. The molecule has 1 aliphatic heterocycles. The van der Waals surface area contributed by atoms with E-state index in [2.05, 4.69) is 15.4 Å². The molecule has 94 valence electrons. The van der Waals surface area contributed by atoms with E-state index in [4.69, 9.17) is 9.63 Å². The van der Waals surface area contributed by atoms with Crippen LogP contribution in [0.5, 0.6) is 0 Å². The van der Waals surface area contributed by atoms with Crippen molar-refractivity contribution < 1.29 is 14.4 Å². The Kier molecular flexibility index (Phi) is 3.75. The lowest BCUT2D eigenvalue weighted by atomic mass is 10.0. The van der Waals surface area contributed by atoms with Gasteiger partial charge in [0.2, 0.25) is 5.91 Å². The Morgan fingerprint density at radius 1 is 1.71 bits per heavy atom. The van der Waals surface area contributed by atoms with Gasteiger partial charge in [0.15, 0.2) is 5.82 Å². The lowest BCUT2D eigenvalue weighted by Gasteiger charge is -2.37. The standard InChI is InChI=1S/C11H17N3O3/c1-8-4-10(13-17-8)12-11(16)2-3-14-5-9(6-14)7-15/h4,9,15H,2-3,5-7H2,1H3,(H,12,13,16). The third kappa shape index (κ3) is 3.28. The van der Waals surface area contributed by atoms with Crippen LogP contribution in [0.25, 0.3) is 0 Å². The van der Waals surface area contributed by atoms with Crippen LogP contribution in [0.4, 0.5) is 5.82 Å². The molecule has 0 aliphatic carbocycles. The van der Waals surface area contributed by atoms with Crippen molar-refractivity contribution in [1.82, 2.24) is 10.1 Å². The number of aliphatic hydroxyl groups excluding tert-OH is 1. The van der Waals surface area contributed by atoms with Gasteiger partial charge in [-0.1, -0.05) is 5.16 Å². The maximum absolute atomic E-state index is 11.5. The fourth-order valence-electron chi connectivity index (χ4n) is 1.87. The van der Waals surface area contributed by atoms with Crippen LogP contribution in [-0.2, 0) is 4.79 Å². The first kappa shape index (κ1) is 12.1. The molecule has 2 heterocycles. The topological polar surface area (TPSA) is 78.6 Å². The molecule has 0 bridgehead atoms. The van der Waals surface area contributed by atoms with Crippen LogP contribution in [0.15, 0.2) is 10.6 Å². The molecule has 2 rings (SSSR count). The SMILES string of the molecule is Cc1cc(NC(=O)CCN2CC(CO)C2)no1. The zero-order chi connectivity index (χ0) is 12.3. The molecule has 6 nitrogen and oxygen atoms in total. The summed E-state index contributed by atoms with van der Waals surface area (Å²) >= 11 is 0. The lowest BCUT2D eigenvalue weighted by molar-refractivity contribution is -0.117. The van der Waals surface area contributed by atoms with E-state index in [9.17, 15) is 4.79 Å². The van der Waals surface area contributed by atoms with E-state index < -0.39 is 0 Å². The van der Waals surface area contributed by atoms with Crippen molar-refractivity contribution in [2.45, 2.75) is 13.3 Å². The van der Waals surface area contributed by atoms with Gasteiger partial charge in [0.1, 0.15) is 5.76 Å². The van der Waals surface area contributed by atoms with Gasteiger partial charge in [0, 0.05) is 44.6 Å². The van der Waals surface area contributed by atoms with Gasteiger partial charge in [-0.15, -0.1) is 0 Å². The Hall–Kier alpha value is -1.40. The summed E-state index contributed by atoms with van der Waals surface area (Å²) in [5, 5.41) is 15.2. The molecule has 2 N–H and O–H groups in total. The van der Waals surface area contributed by atoms with Crippen molar-refractivity contribution in [1.29, 1.82) is 0 Å². The van der Waals surface area contributed by atoms with Gasteiger partial charge in [0.25, 0.3) is 0 Å². The highest BCUT2D eigenvalue weighted by Crippen LogP contribution is 2.14. The first-order chi connectivity index (χ1) is 8.17. The second-order valence-corrected chi connectivity index (χ2v) is 4.43. The Morgan fingerprint density at radius 3 is 3.06 bits per heavy atom. The molecule has 1 aromatic heterocycles. The number of carbonyl (C=O) groups excluding carboxylic acids is 1. The van der Waals surface area contributed by atoms with Crippen LogP contribution in [0.1, 0.15) is 12.2 Å². The highest BCUT2D eigenvalue weighted by atomic mass is 16.5. The number of likely N-dealkylation sites (tertiary alicyclic amines) is 1. The number of nitrogens with one attached hydrogen (secondary N) is 1. The quantitative estimate of drug-likeness (QED) is 0.769. The van der Waals surface area contributed by atoms with Crippen LogP contribution in [0.2, 0.25) is 0 Å². The molecule has 0 unspecified atom stereocenters. The van der Waals surface area contributed by atoms with Crippen LogP contribution >= 0.6 is 0 Å². The Morgan fingerprint density at radius 2 is 2.47 bits per heavy atom. The molecule has 0 aromatic carbocycles. The number of anilines is 1. The Labute approximate surface area is 99.6 Å². The van der Waals surface area contributed by atoms with E-state index >= 15 is 0 Å². The van der Waals surface area contributed by atoms with E-state index in [0.717, 1.165) is 19.6 Å². The summed E-state index contributed by atoms with van der Waals surface area (Å²) in [7, 11) is 0. The number of hydrogen-bond acceptors (Lipinski definition) is 5. The second kappa shape index (κ2) is 5.29. The molecule has 1 aliphatic rings. The fourth-order valence-corrected chi connectivity index (χ4v) is 1.87. The molecule has 0 radical (unpaired) electrons. The minimum atomic E-state index is -0.0641. The summed E-state index contributed by atoms with van der Waals surface area (Å²) in [4.78, 5) is 13.7. The summed E-state index contributed by atoms with van der Waals surface area (Å²) in [5.74, 6) is 1.46. The van der Waals surface area contributed by atoms with Crippen molar-refractivity contribution in [2.24, 2.45) is 5.92 Å². The minimum Gasteiger partial charge on any atom is -0.396 e. The van der Waals surface area contributed by atoms with E-state index in [1.165, 1.54) is 0 Å². The van der Waals surface area contributed by atoms with Crippen molar-refractivity contribution in [2.75, 3.05) is 31.6 Å². The fraction of sp³-hybridized carbons (Fsp3) is 0.636. The molecule has 0 saturated carbocycles. The molecule has 1 saturated heterocycles. The zero-order valence-corrected chi connectivity index (χ0v) is 9.85. The molecular formula is C11H17N3O3. The van der Waals surface area contributed by atoms with Gasteiger partial charge in [0.05, 0.1) is 0 Å². The van der Waals surface area contributed by atoms with Gasteiger partial charge in [-0.2, -0.15) is 0 Å². The van der Waals surface area contributed by atoms with Gasteiger partial charge < -0.3 is 19.8 Å². The molecule has 0 atom stereocenters. The molecule has 0 spiro atoms. The molecule has 1 fully saturated rings. The predicted molar refractivity (Wildman–Crippen MR) is 61.5 cm³/mol. The minimum absolute atomic E-state index is 0.0641. The highest BCUT2D eigenvalue weighted by molar-refractivity contribution is 5.89. The van der Waals surface area contributed by atoms with Crippen LogP contribution in [0.3, 0.4) is 0 Å². The number of aryl methyl sites for hydroxylation is 1. The van der Waals surface area contributed by atoms with Crippen molar-refractivity contribution >= 4 is 11.7 Å². The number of aromatic nitrogens is 1. The maximum atomic E-state index is 11.5. The monoisotopic (exact) mass is 239 g/mol. The average Bonchev–Trinajstić information content (AvgIpc) is 2.62. The van der Waals surface area contributed by atoms with Crippen molar-refractivity contribution in [3.05, 3.63) is 11.8 Å². The van der Waals surface area contributed by atoms with Gasteiger partial charge in [-0.3, -0.25) is 4.79 Å². The normalized spacial score (nSPS) is 16.8. The van der Waals surface area contributed by atoms with Crippen molar-refractivity contribution in [3.8, 4) is 0 Å². The third-order valence-corrected chi connectivity index (χ3v) is 2.84. The second-order valence-electron chi connectivity index (χ2n) is 4.43. The number of amides is 1. The van der Waals surface area contributed by atoms with Crippen LogP contribution in [0, 0.1) is 12.8 Å². The number of carbonyl (C=O) groups is 1. The van der Waals surface area contributed by atoms with Gasteiger partial charge in [-0.25, -0.2) is 0 Å². The third-order valence-electron chi connectivity index (χ3n) is 2.84. The largest absolute Gasteiger partial charge is 0.396 e. The first-order valence-corrected chi connectivity index (χ1v) is 5.73. The molecular weight excluding hydrogens is 222 g/mol. The van der Waals surface area contributed by atoms with Crippen LogP contribution < -0.4 is 5.32 Å². The molecule has 17 heavy (non-hydrogen) atoms. The average molecular weight is 239 g/mol. The predicted octanol–water partition coefficient (Wildman–Crippen LogP) is 0.236.